The number of methoxy groups -OCH3 is 2. The van der Waals surface area contributed by atoms with Gasteiger partial charge < -0.3 is 19.9 Å². The van der Waals surface area contributed by atoms with Crippen LogP contribution < -0.4 is 5.32 Å². The number of benzene rings is 1. The van der Waals surface area contributed by atoms with Crippen LogP contribution in [-0.2, 0) is 14.3 Å². The number of nitrogens with one attached hydrogen (secondary N) is 1. The molecule has 0 aliphatic heterocycles. The third-order valence-electron chi connectivity index (χ3n) is 1.99. The van der Waals surface area contributed by atoms with E-state index in [4.69, 9.17) is 0 Å². The van der Waals surface area contributed by atoms with Crippen LogP contribution in [0.25, 0.3) is 0 Å². The van der Waals surface area contributed by atoms with Crippen molar-refractivity contribution in [2.45, 2.75) is 0 Å². The molecule has 0 radical (unpaired) electrons. The van der Waals surface area contributed by atoms with Crippen LogP contribution in [-0.4, -0.2) is 37.8 Å². The van der Waals surface area contributed by atoms with Gasteiger partial charge in [-0.3, -0.25) is 4.79 Å². The first kappa shape index (κ1) is 13.0. The van der Waals surface area contributed by atoms with E-state index in [2.05, 4.69) is 14.8 Å². The van der Waals surface area contributed by atoms with Crippen molar-refractivity contribution in [1.29, 1.82) is 0 Å². The second-order valence-corrected chi connectivity index (χ2v) is 3.17. The molecular weight excluding hydrogens is 226 g/mol. The second-order valence-electron chi connectivity index (χ2n) is 3.17. The summed E-state index contributed by atoms with van der Waals surface area (Å²) in [5.74, 6) is -1.43. The molecule has 17 heavy (non-hydrogen) atoms. The van der Waals surface area contributed by atoms with Gasteiger partial charge in [-0.15, -0.1) is 0 Å². The summed E-state index contributed by atoms with van der Waals surface area (Å²) < 4.78 is 9.12. The van der Waals surface area contributed by atoms with E-state index in [0.717, 1.165) is 0 Å². The number of carbonyl (C=O) groups excluding carboxylic acids is 2. The van der Waals surface area contributed by atoms with Crippen LogP contribution in [0.2, 0.25) is 0 Å². The smallest absolute Gasteiger partial charge is 0.341 e. The number of esters is 1. The molecule has 0 saturated carbocycles. The van der Waals surface area contributed by atoms with Crippen LogP contribution in [0.4, 0.5) is 5.69 Å². The molecule has 0 bridgehead atoms. The van der Waals surface area contributed by atoms with Crippen molar-refractivity contribution in [3.05, 3.63) is 23.8 Å². The number of phenols is 1. The van der Waals surface area contributed by atoms with Crippen LogP contribution >= 0.6 is 0 Å². The van der Waals surface area contributed by atoms with Crippen molar-refractivity contribution < 1.29 is 24.2 Å². The van der Waals surface area contributed by atoms with Crippen molar-refractivity contribution in [2.75, 3.05) is 26.1 Å². The predicted molar refractivity (Wildman–Crippen MR) is 60.0 cm³/mol. The molecule has 1 aromatic rings. The summed E-state index contributed by atoms with van der Waals surface area (Å²) in [6.07, 6.45) is 0. The minimum atomic E-state index is -0.676. The van der Waals surface area contributed by atoms with Gasteiger partial charge in [0.25, 0.3) is 0 Å². The number of anilines is 1. The molecule has 2 N–H and O–H groups in total. The van der Waals surface area contributed by atoms with Crippen LogP contribution in [0.15, 0.2) is 18.2 Å². The molecule has 0 atom stereocenters. The molecule has 0 unspecified atom stereocenters. The van der Waals surface area contributed by atoms with Gasteiger partial charge in [-0.1, -0.05) is 6.07 Å². The standard InChI is InChI=1S/C11H13NO5/c1-16-6-9(13)12-8-5-3-4-7(10(8)14)11(15)17-2/h3-5,14H,6H2,1-2H3,(H,12,13). The molecular formula is C11H13NO5. The molecule has 0 saturated heterocycles. The fourth-order valence-electron chi connectivity index (χ4n) is 1.24. The van der Waals surface area contributed by atoms with Gasteiger partial charge in [0, 0.05) is 7.11 Å². The molecule has 0 fully saturated rings. The average Bonchev–Trinajstić information content (AvgIpc) is 2.31. The summed E-state index contributed by atoms with van der Waals surface area (Å²) >= 11 is 0. The minimum Gasteiger partial charge on any atom is -0.505 e. The Morgan fingerprint density at radius 1 is 1.35 bits per heavy atom. The highest BCUT2D eigenvalue weighted by Crippen LogP contribution is 2.27. The Kier molecular flexibility index (Phi) is 4.47. The number of amides is 1. The molecule has 0 spiro atoms. The molecule has 0 heterocycles. The largest absolute Gasteiger partial charge is 0.505 e. The Balaban J connectivity index is 2.94. The molecule has 1 aromatic carbocycles. The van der Waals surface area contributed by atoms with E-state index in [-0.39, 0.29) is 23.6 Å². The van der Waals surface area contributed by atoms with Gasteiger partial charge in [0.05, 0.1) is 12.8 Å². The lowest BCUT2D eigenvalue weighted by Gasteiger charge is -2.09. The molecule has 6 nitrogen and oxygen atoms in total. The van der Waals surface area contributed by atoms with Gasteiger partial charge >= 0.3 is 5.97 Å². The fourth-order valence-corrected chi connectivity index (χ4v) is 1.24. The number of aromatic hydroxyl groups is 1. The Morgan fingerprint density at radius 3 is 2.65 bits per heavy atom. The predicted octanol–water partition coefficient (Wildman–Crippen LogP) is 0.764. The van der Waals surface area contributed by atoms with E-state index in [1.54, 1.807) is 0 Å². The molecule has 1 amide bonds. The monoisotopic (exact) mass is 239 g/mol. The van der Waals surface area contributed by atoms with Gasteiger partial charge in [-0.25, -0.2) is 4.79 Å². The van der Waals surface area contributed by atoms with Gasteiger partial charge in [-0.2, -0.15) is 0 Å². The summed E-state index contributed by atoms with van der Waals surface area (Å²) in [7, 11) is 2.59. The lowest BCUT2D eigenvalue weighted by molar-refractivity contribution is -0.119. The van der Waals surface area contributed by atoms with Crippen LogP contribution in [0.3, 0.4) is 0 Å². The molecule has 1 rings (SSSR count). The van der Waals surface area contributed by atoms with Gasteiger partial charge in [0.15, 0.2) is 5.75 Å². The summed E-state index contributed by atoms with van der Waals surface area (Å²) in [6, 6.07) is 4.39. The van der Waals surface area contributed by atoms with E-state index in [1.165, 1.54) is 32.4 Å². The van der Waals surface area contributed by atoms with Crippen LogP contribution in [0.1, 0.15) is 10.4 Å². The molecule has 0 aromatic heterocycles. The highest BCUT2D eigenvalue weighted by Gasteiger charge is 2.15. The first-order valence-corrected chi connectivity index (χ1v) is 4.79. The Bertz CT molecular complexity index is 430. The summed E-state index contributed by atoms with van der Waals surface area (Å²) in [5.41, 5.74) is 0.123. The molecule has 0 aliphatic carbocycles. The SMILES string of the molecule is COCC(=O)Nc1cccc(C(=O)OC)c1O. The number of rotatable bonds is 4. The fraction of sp³-hybridized carbons (Fsp3) is 0.273. The maximum absolute atomic E-state index is 11.3. The number of carbonyl (C=O) groups is 2. The van der Waals surface area contributed by atoms with E-state index in [1.807, 2.05) is 0 Å². The average molecular weight is 239 g/mol. The number of hydrogen-bond donors (Lipinski definition) is 2. The minimum absolute atomic E-state index is 0.0114. The Labute approximate surface area is 98.2 Å². The maximum atomic E-state index is 11.3. The quantitative estimate of drug-likeness (QED) is 0.598. The second kappa shape index (κ2) is 5.86. The number of para-hydroxylation sites is 1. The van der Waals surface area contributed by atoms with E-state index in [9.17, 15) is 14.7 Å². The van der Waals surface area contributed by atoms with E-state index < -0.39 is 11.9 Å². The summed E-state index contributed by atoms with van der Waals surface area (Å²) in [4.78, 5) is 22.5. The summed E-state index contributed by atoms with van der Waals surface area (Å²) in [6.45, 7) is -0.137. The molecule has 0 aliphatic rings. The topological polar surface area (TPSA) is 84.9 Å². The zero-order valence-electron chi connectivity index (χ0n) is 9.52. The zero-order valence-corrected chi connectivity index (χ0v) is 9.52. The zero-order chi connectivity index (χ0) is 12.8. The van der Waals surface area contributed by atoms with Crippen LogP contribution in [0.5, 0.6) is 5.75 Å². The first-order chi connectivity index (χ1) is 8.10. The van der Waals surface area contributed by atoms with Gasteiger partial charge in [0.1, 0.15) is 12.2 Å². The van der Waals surface area contributed by atoms with Gasteiger partial charge in [0.2, 0.25) is 5.91 Å². The van der Waals surface area contributed by atoms with Gasteiger partial charge in [-0.05, 0) is 12.1 Å². The van der Waals surface area contributed by atoms with E-state index in [0.29, 0.717) is 0 Å². The highest BCUT2D eigenvalue weighted by atomic mass is 16.5. The third kappa shape index (κ3) is 3.18. The molecule has 6 heteroatoms. The lowest BCUT2D eigenvalue weighted by Crippen LogP contribution is -2.17. The number of phenolic OH excluding ortho intramolecular Hbond substituents is 1. The Morgan fingerprint density at radius 2 is 2.06 bits per heavy atom. The number of ether oxygens (including phenoxy) is 2. The first-order valence-electron chi connectivity index (χ1n) is 4.79. The van der Waals surface area contributed by atoms with Crippen molar-refractivity contribution in [2.24, 2.45) is 0 Å². The third-order valence-corrected chi connectivity index (χ3v) is 1.99. The van der Waals surface area contributed by atoms with E-state index >= 15 is 0 Å². The van der Waals surface area contributed by atoms with Crippen molar-refractivity contribution >= 4 is 17.6 Å². The van der Waals surface area contributed by atoms with Crippen molar-refractivity contribution in [3.63, 3.8) is 0 Å². The molecule has 92 valence electrons. The number of hydrogen-bond acceptors (Lipinski definition) is 5. The highest BCUT2D eigenvalue weighted by molar-refractivity contribution is 5.98. The summed E-state index contributed by atoms with van der Waals surface area (Å²) in [5, 5.41) is 12.2. The van der Waals surface area contributed by atoms with Crippen molar-refractivity contribution in [3.8, 4) is 5.75 Å². The van der Waals surface area contributed by atoms with Crippen LogP contribution in [0, 0.1) is 0 Å². The maximum Gasteiger partial charge on any atom is 0.341 e. The Hall–Kier alpha value is -2.08. The normalized spacial score (nSPS) is 9.76. The van der Waals surface area contributed by atoms with Crippen molar-refractivity contribution in [1.82, 2.24) is 0 Å². The lowest BCUT2D eigenvalue weighted by atomic mass is 10.1.